The first-order chi connectivity index (χ1) is 11.3. The third kappa shape index (κ3) is 5.60. The fraction of sp³-hybridized carbons (Fsp3) is 0.529. The van der Waals surface area contributed by atoms with Gasteiger partial charge in [-0.1, -0.05) is 25.4 Å². The van der Waals surface area contributed by atoms with Crippen molar-refractivity contribution in [2.45, 2.75) is 33.7 Å². The van der Waals surface area contributed by atoms with E-state index in [9.17, 15) is 9.59 Å². The van der Waals surface area contributed by atoms with E-state index >= 15 is 0 Å². The fourth-order valence-electron chi connectivity index (χ4n) is 1.80. The smallest absolute Gasteiger partial charge is 0.338 e. The number of hydrogen-bond donors (Lipinski definition) is 1. The summed E-state index contributed by atoms with van der Waals surface area (Å²) in [6.07, 6.45) is 0. The zero-order valence-corrected chi connectivity index (χ0v) is 15.4. The Morgan fingerprint density at radius 2 is 1.92 bits per heavy atom. The summed E-state index contributed by atoms with van der Waals surface area (Å²) in [6.45, 7) is 7.74. The van der Waals surface area contributed by atoms with E-state index in [2.05, 4.69) is 5.32 Å². The summed E-state index contributed by atoms with van der Waals surface area (Å²) in [4.78, 5) is 23.9. The van der Waals surface area contributed by atoms with Crippen molar-refractivity contribution in [1.82, 2.24) is 5.32 Å². The highest BCUT2D eigenvalue weighted by Gasteiger charge is 2.18. The minimum absolute atomic E-state index is 0.00350. The second-order valence-electron chi connectivity index (χ2n) is 5.60. The van der Waals surface area contributed by atoms with E-state index in [4.69, 9.17) is 25.8 Å². The highest BCUT2D eigenvalue weighted by Crippen LogP contribution is 2.36. The molecule has 0 unspecified atom stereocenters. The molecule has 1 atom stereocenters. The summed E-state index contributed by atoms with van der Waals surface area (Å²) < 4.78 is 15.6. The van der Waals surface area contributed by atoms with Gasteiger partial charge in [-0.2, -0.15) is 0 Å². The number of rotatable bonds is 8. The average molecular weight is 358 g/mol. The summed E-state index contributed by atoms with van der Waals surface area (Å²) in [7, 11) is 1.45. The molecule has 1 amide bonds. The van der Waals surface area contributed by atoms with Gasteiger partial charge in [-0.05, 0) is 31.9 Å². The van der Waals surface area contributed by atoms with Gasteiger partial charge in [-0.25, -0.2) is 4.79 Å². The molecule has 0 aliphatic rings. The molecule has 0 bridgehead atoms. The van der Waals surface area contributed by atoms with E-state index in [-0.39, 0.29) is 29.1 Å². The average Bonchev–Trinajstić information content (AvgIpc) is 2.54. The molecule has 0 aliphatic heterocycles. The minimum Gasteiger partial charge on any atom is -0.493 e. The zero-order chi connectivity index (χ0) is 18.3. The highest BCUT2D eigenvalue weighted by atomic mass is 35.5. The molecule has 6 nitrogen and oxygen atoms in total. The second kappa shape index (κ2) is 9.37. The first-order valence-corrected chi connectivity index (χ1v) is 8.14. The van der Waals surface area contributed by atoms with Crippen molar-refractivity contribution in [2.75, 3.05) is 20.3 Å². The lowest BCUT2D eigenvalue weighted by atomic mass is 10.1. The first-order valence-electron chi connectivity index (χ1n) is 7.76. The van der Waals surface area contributed by atoms with E-state index < -0.39 is 5.97 Å². The number of halogens is 1. The van der Waals surface area contributed by atoms with Crippen molar-refractivity contribution < 1.29 is 23.8 Å². The Hall–Kier alpha value is -1.95. The molecule has 134 valence electrons. The molecule has 0 heterocycles. The Labute approximate surface area is 147 Å². The third-order valence-electron chi connectivity index (χ3n) is 3.48. The monoisotopic (exact) mass is 357 g/mol. The van der Waals surface area contributed by atoms with Crippen molar-refractivity contribution in [3.63, 3.8) is 0 Å². The van der Waals surface area contributed by atoms with Gasteiger partial charge in [0.2, 0.25) is 0 Å². The topological polar surface area (TPSA) is 73.9 Å². The van der Waals surface area contributed by atoms with Crippen molar-refractivity contribution >= 4 is 23.5 Å². The summed E-state index contributed by atoms with van der Waals surface area (Å²) >= 11 is 6.11. The maximum Gasteiger partial charge on any atom is 0.338 e. The van der Waals surface area contributed by atoms with Crippen molar-refractivity contribution in [3.8, 4) is 11.5 Å². The SMILES string of the molecule is CCOc1c(Cl)cc(C(=O)OCC(=O)N[C@H](C)C(C)C)cc1OC. The van der Waals surface area contributed by atoms with Crippen LogP contribution in [0.4, 0.5) is 0 Å². The van der Waals surface area contributed by atoms with Crippen LogP contribution in [0, 0.1) is 5.92 Å². The predicted octanol–water partition coefficient (Wildman–Crippen LogP) is 3.06. The quantitative estimate of drug-likeness (QED) is 0.724. The number of esters is 1. The van der Waals surface area contributed by atoms with Crippen molar-refractivity contribution in [1.29, 1.82) is 0 Å². The van der Waals surface area contributed by atoms with Gasteiger partial charge in [-0.3, -0.25) is 4.79 Å². The van der Waals surface area contributed by atoms with E-state index in [0.29, 0.717) is 24.0 Å². The van der Waals surface area contributed by atoms with Crippen LogP contribution >= 0.6 is 11.6 Å². The number of amides is 1. The molecule has 7 heteroatoms. The molecular formula is C17H24ClNO5. The van der Waals surface area contributed by atoms with Crippen LogP contribution in [-0.2, 0) is 9.53 Å². The van der Waals surface area contributed by atoms with Crippen LogP contribution in [0.2, 0.25) is 5.02 Å². The Bertz CT molecular complexity index is 589. The van der Waals surface area contributed by atoms with Crippen molar-refractivity contribution in [2.24, 2.45) is 5.92 Å². The number of benzene rings is 1. The Kier molecular flexibility index (Phi) is 7.85. The van der Waals surface area contributed by atoms with Crippen LogP contribution in [0.15, 0.2) is 12.1 Å². The van der Waals surface area contributed by atoms with Crippen LogP contribution in [0.1, 0.15) is 38.1 Å². The number of methoxy groups -OCH3 is 1. The molecule has 0 radical (unpaired) electrons. The van der Waals surface area contributed by atoms with Gasteiger partial charge in [-0.15, -0.1) is 0 Å². The number of ether oxygens (including phenoxy) is 3. The van der Waals surface area contributed by atoms with Crippen molar-refractivity contribution in [3.05, 3.63) is 22.7 Å². The Morgan fingerprint density at radius 1 is 1.25 bits per heavy atom. The zero-order valence-electron chi connectivity index (χ0n) is 14.6. The first kappa shape index (κ1) is 20.1. The molecule has 1 aromatic rings. The molecule has 0 saturated carbocycles. The minimum atomic E-state index is -0.661. The van der Waals surface area contributed by atoms with Gasteiger partial charge in [0, 0.05) is 6.04 Å². The van der Waals surface area contributed by atoms with Gasteiger partial charge in [0.15, 0.2) is 18.1 Å². The van der Waals surface area contributed by atoms with E-state index in [1.54, 1.807) is 0 Å². The van der Waals surface area contributed by atoms with E-state index in [1.165, 1.54) is 19.2 Å². The number of carbonyl (C=O) groups is 2. The lowest BCUT2D eigenvalue weighted by Crippen LogP contribution is -2.38. The molecule has 24 heavy (non-hydrogen) atoms. The highest BCUT2D eigenvalue weighted by molar-refractivity contribution is 6.32. The van der Waals surface area contributed by atoms with Crippen LogP contribution in [0.25, 0.3) is 0 Å². The summed E-state index contributed by atoms with van der Waals surface area (Å²) in [5.74, 6) is -0.0334. The second-order valence-corrected chi connectivity index (χ2v) is 6.01. The van der Waals surface area contributed by atoms with Gasteiger partial charge >= 0.3 is 5.97 Å². The third-order valence-corrected chi connectivity index (χ3v) is 3.76. The largest absolute Gasteiger partial charge is 0.493 e. The molecule has 0 aliphatic carbocycles. The fourth-order valence-corrected chi connectivity index (χ4v) is 2.06. The molecular weight excluding hydrogens is 334 g/mol. The number of hydrogen-bond acceptors (Lipinski definition) is 5. The van der Waals surface area contributed by atoms with E-state index in [0.717, 1.165) is 0 Å². The van der Waals surface area contributed by atoms with Gasteiger partial charge in [0.25, 0.3) is 5.91 Å². The van der Waals surface area contributed by atoms with Crippen LogP contribution in [-0.4, -0.2) is 38.2 Å². The number of carbonyl (C=O) groups excluding carboxylic acids is 2. The molecule has 0 fully saturated rings. The van der Waals surface area contributed by atoms with Gasteiger partial charge in [0.05, 0.1) is 24.3 Å². The molecule has 1 rings (SSSR count). The maximum absolute atomic E-state index is 12.1. The Morgan fingerprint density at radius 3 is 2.46 bits per heavy atom. The molecule has 0 aromatic heterocycles. The molecule has 0 spiro atoms. The standard InChI is InChI=1S/C17H24ClNO5/c1-6-23-16-13(18)7-12(8-14(16)22-5)17(21)24-9-15(20)19-11(4)10(2)3/h7-8,10-11H,6,9H2,1-5H3,(H,19,20)/t11-/m1/s1. The van der Waals surface area contributed by atoms with Gasteiger partial charge in [0.1, 0.15) is 0 Å². The molecule has 1 aromatic carbocycles. The lowest BCUT2D eigenvalue weighted by Gasteiger charge is -2.17. The summed E-state index contributed by atoms with van der Waals surface area (Å²) in [5.41, 5.74) is 0.185. The normalized spacial score (nSPS) is 11.8. The maximum atomic E-state index is 12.1. The number of nitrogens with one attached hydrogen (secondary N) is 1. The Balaban J connectivity index is 2.75. The van der Waals surface area contributed by atoms with Crippen LogP contribution in [0.5, 0.6) is 11.5 Å². The summed E-state index contributed by atoms with van der Waals surface area (Å²) in [6, 6.07) is 2.89. The van der Waals surface area contributed by atoms with E-state index in [1.807, 2.05) is 27.7 Å². The van der Waals surface area contributed by atoms with Crippen LogP contribution in [0.3, 0.4) is 0 Å². The summed E-state index contributed by atoms with van der Waals surface area (Å²) in [5, 5.41) is 3.00. The van der Waals surface area contributed by atoms with Crippen LogP contribution < -0.4 is 14.8 Å². The van der Waals surface area contributed by atoms with Gasteiger partial charge < -0.3 is 19.5 Å². The molecule has 0 saturated heterocycles. The lowest BCUT2D eigenvalue weighted by molar-refractivity contribution is -0.125. The molecule has 1 N–H and O–H groups in total. The predicted molar refractivity (Wildman–Crippen MR) is 91.9 cm³/mol.